The number of rotatable bonds is 4. The van der Waals surface area contributed by atoms with Crippen LogP contribution in [0.2, 0.25) is 0 Å². The maximum Gasteiger partial charge on any atom is 0.146 e. The fourth-order valence-electron chi connectivity index (χ4n) is 1.96. The first-order valence-corrected chi connectivity index (χ1v) is 6.71. The van der Waals surface area contributed by atoms with Gasteiger partial charge in [0, 0.05) is 11.8 Å². The molecule has 0 aliphatic carbocycles. The van der Waals surface area contributed by atoms with Crippen molar-refractivity contribution in [2.45, 2.75) is 13.0 Å². The van der Waals surface area contributed by atoms with Crippen LogP contribution >= 0.6 is 15.9 Å². The zero-order valence-electron chi connectivity index (χ0n) is 10.3. The Morgan fingerprint density at radius 3 is 2.68 bits per heavy atom. The molecule has 2 nitrogen and oxygen atoms in total. The number of pyridine rings is 1. The molecule has 1 atom stereocenters. The molecule has 1 N–H and O–H groups in total. The summed E-state index contributed by atoms with van der Waals surface area (Å²) in [5, 5.41) is 3.16. The van der Waals surface area contributed by atoms with Crippen molar-refractivity contribution >= 4 is 15.9 Å². The molecule has 1 aromatic carbocycles. The Hall–Kier alpha value is -1.33. The highest BCUT2D eigenvalue weighted by molar-refractivity contribution is 9.10. The Kier molecular flexibility index (Phi) is 4.61. The summed E-state index contributed by atoms with van der Waals surface area (Å²) in [6, 6.07) is 5.91. The van der Waals surface area contributed by atoms with E-state index in [1.165, 1.54) is 12.3 Å². The Bertz CT molecular complexity index is 575. The van der Waals surface area contributed by atoms with Gasteiger partial charge in [0.1, 0.15) is 11.6 Å². The number of nitrogens with zero attached hydrogens (tertiary/aromatic N) is 1. The predicted octanol–water partition coefficient (Wildman–Crippen LogP) is 3.82. The highest BCUT2D eigenvalue weighted by Crippen LogP contribution is 2.31. The molecule has 0 amide bonds. The molecule has 0 bridgehead atoms. The third-order valence-electron chi connectivity index (χ3n) is 2.82. The third kappa shape index (κ3) is 2.98. The van der Waals surface area contributed by atoms with Gasteiger partial charge in [-0.1, -0.05) is 19.1 Å². The van der Waals surface area contributed by atoms with Crippen LogP contribution in [0.25, 0.3) is 0 Å². The lowest BCUT2D eigenvalue weighted by Crippen LogP contribution is -2.23. The maximum atomic E-state index is 13.9. The minimum Gasteiger partial charge on any atom is -0.306 e. The van der Waals surface area contributed by atoms with Crippen LogP contribution in [-0.2, 0) is 0 Å². The number of hydrogen-bond acceptors (Lipinski definition) is 2. The van der Waals surface area contributed by atoms with Crippen molar-refractivity contribution in [3.63, 3.8) is 0 Å². The van der Waals surface area contributed by atoms with Crippen molar-refractivity contribution in [2.24, 2.45) is 0 Å². The second-order valence-electron chi connectivity index (χ2n) is 4.03. The van der Waals surface area contributed by atoms with Gasteiger partial charge in [-0.2, -0.15) is 0 Å². The van der Waals surface area contributed by atoms with E-state index in [2.05, 4.69) is 26.2 Å². The summed E-state index contributed by atoms with van der Waals surface area (Å²) in [4.78, 5) is 3.73. The average molecular weight is 327 g/mol. The zero-order chi connectivity index (χ0) is 13.8. The summed E-state index contributed by atoms with van der Waals surface area (Å²) in [6.45, 7) is 2.55. The van der Waals surface area contributed by atoms with Crippen molar-refractivity contribution in [1.29, 1.82) is 0 Å². The Morgan fingerprint density at radius 2 is 2.00 bits per heavy atom. The standard InChI is InChI=1S/C14H13BrF2N2/c1-2-19-14(9-6-7-18-8-12(9)17)10-4-3-5-11(16)13(10)15/h3-8,14,19H,2H2,1H3. The van der Waals surface area contributed by atoms with Crippen LogP contribution in [0.3, 0.4) is 0 Å². The van der Waals surface area contributed by atoms with E-state index in [1.54, 1.807) is 18.2 Å². The second kappa shape index (κ2) is 6.21. The molecule has 2 aromatic rings. The molecule has 0 radical (unpaired) electrons. The van der Waals surface area contributed by atoms with Gasteiger partial charge in [-0.3, -0.25) is 4.98 Å². The van der Waals surface area contributed by atoms with E-state index in [0.717, 1.165) is 6.20 Å². The summed E-state index contributed by atoms with van der Waals surface area (Å²) in [5.41, 5.74) is 1.11. The van der Waals surface area contributed by atoms with Crippen molar-refractivity contribution in [2.75, 3.05) is 6.54 Å². The van der Waals surface area contributed by atoms with Gasteiger partial charge in [-0.25, -0.2) is 8.78 Å². The highest BCUT2D eigenvalue weighted by Gasteiger charge is 2.20. The summed E-state index contributed by atoms with van der Waals surface area (Å²) in [5.74, 6) is -0.778. The molecule has 1 aromatic heterocycles. The molecule has 1 unspecified atom stereocenters. The van der Waals surface area contributed by atoms with Crippen LogP contribution in [0.1, 0.15) is 24.1 Å². The maximum absolute atomic E-state index is 13.9. The molecule has 2 rings (SSSR count). The third-order valence-corrected chi connectivity index (χ3v) is 3.65. The van der Waals surface area contributed by atoms with E-state index in [4.69, 9.17) is 0 Å². The van der Waals surface area contributed by atoms with Crippen LogP contribution in [0.15, 0.2) is 41.1 Å². The molecule has 100 valence electrons. The molecule has 0 fully saturated rings. The molecule has 0 saturated heterocycles. The van der Waals surface area contributed by atoms with Crippen molar-refractivity contribution in [1.82, 2.24) is 10.3 Å². The number of halogens is 3. The molecule has 19 heavy (non-hydrogen) atoms. The number of benzene rings is 1. The zero-order valence-corrected chi connectivity index (χ0v) is 11.9. The fourth-order valence-corrected chi connectivity index (χ4v) is 2.45. The van der Waals surface area contributed by atoms with Crippen molar-refractivity contribution < 1.29 is 8.78 Å². The first-order chi connectivity index (χ1) is 9.15. The van der Waals surface area contributed by atoms with Crippen LogP contribution in [-0.4, -0.2) is 11.5 Å². The number of aromatic nitrogens is 1. The number of hydrogen-bond donors (Lipinski definition) is 1. The predicted molar refractivity (Wildman–Crippen MR) is 73.8 cm³/mol. The lowest BCUT2D eigenvalue weighted by Gasteiger charge is -2.20. The Labute approximate surface area is 119 Å². The normalized spacial score (nSPS) is 12.4. The van der Waals surface area contributed by atoms with Gasteiger partial charge < -0.3 is 5.32 Å². The summed E-state index contributed by atoms with van der Waals surface area (Å²) >= 11 is 3.22. The summed E-state index contributed by atoms with van der Waals surface area (Å²) in [6.07, 6.45) is 2.68. The minimum absolute atomic E-state index is 0.345. The molecule has 0 aliphatic heterocycles. The van der Waals surface area contributed by atoms with Gasteiger partial charge in [0.15, 0.2) is 0 Å². The first kappa shape index (κ1) is 14.1. The molecule has 0 aliphatic rings. The van der Waals surface area contributed by atoms with Crippen LogP contribution in [0.5, 0.6) is 0 Å². The van der Waals surface area contributed by atoms with Gasteiger partial charge in [-0.05, 0) is 40.2 Å². The largest absolute Gasteiger partial charge is 0.306 e. The topological polar surface area (TPSA) is 24.9 Å². The van der Waals surface area contributed by atoms with E-state index < -0.39 is 11.9 Å². The summed E-state index contributed by atoms with van der Waals surface area (Å²) in [7, 11) is 0. The first-order valence-electron chi connectivity index (χ1n) is 5.91. The smallest absolute Gasteiger partial charge is 0.146 e. The Balaban J connectivity index is 2.52. The van der Waals surface area contributed by atoms with Gasteiger partial charge >= 0.3 is 0 Å². The van der Waals surface area contributed by atoms with E-state index >= 15 is 0 Å². The van der Waals surface area contributed by atoms with Gasteiger partial charge in [0.05, 0.1) is 16.7 Å². The van der Waals surface area contributed by atoms with Crippen molar-refractivity contribution in [3.05, 3.63) is 63.9 Å². The minimum atomic E-state index is -0.418. The lowest BCUT2D eigenvalue weighted by molar-refractivity contribution is 0.548. The van der Waals surface area contributed by atoms with E-state index in [0.29, 0.717) is 22.1 Å². The molecule has 0 saturated carbocycles. The van der Waals surface area contributed by atoms with Crippen molar-refractivity contribution in [3.8, 4) is 0 Å². The van der Waals surface area contributed by atoms with E-state index in [-0.39, 0.29) is 5.82 Å². The van der Waals surface area contributed by atoms with Gasteiger partial charge in [0.2, 0.25) is 0 Å². The summed E-state index contributed by atoms with van der Waals surface area (Å²) < 4.78 is 27.8. The molecular formula is C14H13BrF2N2. The quantitative estimate of drug-likeness (QED) is 0.923. The molecule has 5 heteroatoms. The monoisotopic (exact) mass is 326 g/mol. The molecule has 1 heterocycles. The van der Waals surface area contributed by atoms with Gasteiger partial charge in [-0.15, -0.1) is 0 Å². The van der Waals surface area contributed by atoms with Gasteiger partial charge in [0.25, 0.3) is 0 Å². The Morgan fingerprint density at radius 1 is 1.21 bits per heavy atom. The average Bonchev–Trinajstić information content (AvgIpc) is 2.41. The fraction of sp³-hybridized carbons (Fsp3) is 0.214. The van der Waals surface area contributed by atoms with Crippen LogP contribution < -0.4 is 5.32 Å². The number of nitrogens with one attached hydrogen (secondary N) is 1. The van der Waals surface area contributed by atoms with Crippen LogP contribution in [0.4, 0.5) is 8.78 Å². The highest BCUT2D eigenvalue weighted by atomic mass is 79.9. The lowest BCUT2D eigenvalue weighted by atomic mass is 9.99. The SMILES string of the molecule is CCNC(c1ccncc1F)c1cccc(F)c1Br. The van der Waals surface area contributed by atoms with E-state index in [1.807, 2.05) is 6.92 Å². The molecule has 0 spiro atoms. The van der Waals surface area contributed by atoms with E-state index in [9.17, 15) is 8.78 Å². The van der Waals surface area contributed by atoms with Crippen LogP contribution in [0, 0.1) is 11.6 Å². The molecular weight excluding hydrogens is 314 g/mol. The second-order valence-corrected chi connectivity index (χ2v) is 4.82.